The highest BCUT2D eigenvalue weighted by molar-refractivity contribution is 5.72. The molecule has 0 radical (unpaired) electrons. The number of aliphatic carboxylic acids is 1. The van der Waals surface area contributed by atoms with Crippen LogP contribution in [0.2, 0.25) is 0 Å². The van der Waals surface area contributed by atoms with Gasteiger partial charge in [-0.25, -0.2) is 4.79 Å². The highest BCUT2D eigenvalue weighted by Gasteiger charge is 2.31. The SMILES string of the molecule is CC/C=C/C/C=C/C/C=C/CCCCC(=O)OC(COCCC(C(=O)O)[N+](C)(C)C)COC(=O)CCCCCCCCCCCCCCCC. The fourth-order valence-electron chi connectivity index (χ4n) is 5.69. The van der Waals surface area contributed by atoms with Gasteiger partial charge in [0, 0.05) is 19.3 Å². The van der Waals surface area contributed by atoms with E-state index in [1.54, 1.807) is 0 Å². The number of carboxylic acids is 1. The van der Waals surface area contributed by atoms with Gasteiger partial charge in [-0.3, -0.25) is 9.59 Å². The lowest BCUT2D eigenvalue weighted by atomic mass is 10.0. The fraction of sp³-hybridized carbons (Fsp3) is 0.786. The summed E-state index contributed by atoms with van der Waals surface area (Å²) in [4.78, 5) is 36.8. The summed E-state index contributed by atoms with van der Waals surface area (Å²) in [6.45, 7) is 4.57. The quantitative estimate of drug-likeness (QED) is 0.0303. The second-order valence-corrected chi connectivity index (χ2v) is 14.5. The molecule has 8 nitrogen and oxygen atoms in total. The Labute approximate surface area is 306 Å². The maximum absolute atomic E-state index is 12.6. The summed E-state index contributed by atoms with van der Waals surface area (Å²) in [6, 6.07) is -0.619. The van der Waals surface area contributed by atoms with Crippen molar-refractivity contribution in [1.29, 1.82) is 0 Å². The number of unbranched alkanes of at least 4 members (excludes halogenated alkanes) is 15. The van der Waals surface area contributed by atoms with Crippen LogP contribution in [0.4, 0.5) is 0 Å². The smallest absolute Gasteiger partial charge is 0.362 e. The van der Waals surface area contributed by atoms with E-state index in [9.17, 15) is 19.5 Å². The topological polar surface area (TPSA) is 99.1 Å². The standard InChI is InChI=1S/C42H75NO7/c1-6-8-10-12-14-16-18-20-21-23-24-26-28-30-32-40(44)49-37-38(36-48-35-34-39(42(46)47)43(3,4)5)50-41(45)33-31-29-27-25-22-19-17-15-13-11-9-7-2/h9,11,15,17,22,25,38-39H,6-8,10,12-14,16,18-21,23-24,26-37H2,1-5H3/p+1/b11-9+,17-15+,25-22+. The summed E-state index contributed by atoms with van der Waals surface area (Å²) < 4.78 is 17.2. The molecule has 0 bridgehead atoms. The summed E-state index contributed by atoms with van der Waals surface area (Å²) >= 11 is 0. The Morgan fingerprint density at radius 3 is 1.66 bits per heavy atom. The number of likely N-dealkylation sites (N-methyl/N-ethyl adjacent to an activating group) is 1. The van der Waals surface area contributed by atoms with Gasteiger partial charge in [-0.05, 0) is 44.9 Å². The van der Waals surface area contributed by atoms with Gasteiger partial charge in [-0.2, -0.15) is 0 Å². The van der Waals surface area contributed by atoms with Gasteiger partial charge in [-0.1, -0.05) is 134 Å². The third-order valence-electron chi connectivity index (χ3n) is 8.80. The van der Waals surface area contributed by atoms with Gasteiger partial charge in [0.15, 0.2) is 12.1 Å². The summed E-state index contributed by atoms with van der Waals surface area (Å²) in [5.41, 5.74) is 0. The predicted octanol–water partition coefficient (Wildman–Crippen LogP) is 10.3. The van der Waals surface area contributed by atoms with Crippen molar-refractivity contribution in [2.45, 2.75) is 174 Å². The first-order chi connectivity index (χ1) is 24.1. The Bertz CT molecular complexity index is 922. The first kappa shape index (κ1) is 47.5. The average Bonchev–Trinajstić information content (AvgIpc) is 3.06. The summed E-state index contributed by atoms with van der Waals surface area (Å²) in [6.07, 6.45) is 36.2. The zero-order chi connectivity index (χ0) is 37.1. The fourth-order valence-corrected chi connectivity index (χ4v) is 5.69. The van der Waals surface area contributed by atoms with E-state index in [0.717, 1.165) is 51.4 Å². The highest BCUT2D eigenvalue weighted by atomic mass is 16.6. The summed E-state index contributed by atoms with van der Waals surface area (Å²) in [7, 11) is 5.50. The molecule has 2 unspecified atom stereocenters. The van der Waals surface area contributed by atoms with E-state index >= 15 is 0 Å². The number of nitrogens with zero attached hydrogens (tertiary/aromatic N) is 1. The van der Waals surface area contributed by atoms with E-state index in [1.165, 1.54) is 70.6 Å². The number of rotatable bonds is 35. The minimum absolute atomic E-state index is 0.0475. The van der Waals surface area contributed by atoms with Gasteiger partial charge < -0.3 is 23.8 Å². The molecule has 2 atom stereocenters. The summed E-state index contributed by atoms with van der Waals surface area (Å²) in [5, 5.41) is 9.58. The monoisotopic (exact) mass is 707 g/mol. The zero-order valence-electron chi connectivity index (χ0n) is 32.8. The predicted molar refractivity (Wildman–Crippen MR) is 206 cm³/mol. The van der Waals surface area contributed by atoms with Gasteiger partial charge >= 0.3 is 17.9 Å². The number of quaternary nitrogens is 1. The second-order valence-electron chi connectivity index (χ2n) is 14.5. The van der Waals surface area contributed by atoms with Crippen molar-refractivity contribution < 1.29 is 38.2 Å². The number of carbonyl (C=O) groups excluding carboxylic acids is 2. The lowest BCUT2D eigenvalue weighted by Crippen LogP contribution is -2.50. The molecule has 0 aromatic rings. The van der Waals surface area contributed by atoms with Crippen molar-refractivity contribution in [3.63, 3.8) is 0 Å². The van der Waals surface area contributed by atoms with Crippen LogP contribution in [-0.4, -0.2) is 80.6 Å². The van der Waals surface area contributed by atoms with Crippen molar-refractivity contribution in [2.24, 2.45) is 0 Å². The first-order valence-electron chi connectivity index (χ1n) is 20.0. The number of hydrogen-bond donors (Lipinski definition) is 1. The molecule has 0 saturated heterocycles. The van der Waals surface area contributed by atoms with Crippen LogP contribution >= 0.6 is 0 Å². The molecular weight excluding hydrogens is 630 g/mol. The van der Waals surface area contributed by atoms with Crippen LogP contribution < -0.4 is 0 Å². The van der Waals surface area contributed by atoms with Crippen molar-refractivity contribution in [1.82, 2.24) is 0 Å². The zero-order valence-corrected chi connectivity index (χ0v) is 32.8. The van der Waals surface area contributed by atoms with E-state index in [1.807, 2.05) is 21.1 Å². The lowest BCUT2D eigenvalue weighted by molar-refractivity contribution is -0.887. The molecule has 290 valence electrons. The molecule has 0 aliphatic carbocycles. The molecule has 0 fully saturated rings. The first-order valence-corrected chi connectivity index (χ1v) is 20.0. The number of esters is 2. The van der Waals surface area contributed by atoms with Crippen LogP contribution in [0.25, 0.3) is 0 Å². The average molecular weight is 707 g/mol. The molecule has 50 heavy (non-hydrogen) atoms. The molecule has 0 aromatic heterocycles. The molecule has 0 saturated carbocycles. The van der Waals surface area contributed by atoms with E-state index in [2.05, 4.69) is 50.3 Å². The lowest BCUT2D eigenvalue weighted by Gasteiger charge is -2.31. The number of hydrogen-bond acceptors (Lipinski definition) is 6. The van der Waals surface area contributed by atoms with E-state index < -0.39 is 18.1 Å². The van der Waals surface area contributed by atoms with E-state index in [4.69, 9.17) is 14.2 Å². The van der Waals surface area contributed by atoms with E-state index in [0.29, 0.717) is 19.3 Å². The molecule has 1 N–H and O–H groups in total. The number of carboxylic acid groups (broad SMARTS) is 1. The molecule has 0 spiro atoms. The van der Waals surface area contributed by atoms with Gasteiger partial charge in [0.1, 0.15) is 6.61 Å². The Balaban J connectivity index is 4.43. The molecule has 0 aromatic carbocycles. The molecule has 0 amide bonds. The minimum atomic E-state index is -0.882. The van der Waals surface area contributed by atoms with Crippen molar-refractivity contribution in [3.8, 4) is 0 Å². The minimum Gasteiger partial charge on any atom is -0.477 e. The van der Waals surface area contributed by atoms with Crippen LogP contribution in [0.15, 0.2) is 36.5 Å². The van der Waals surface area contributed by atoms with Gasteiger partial charge in [-0.15, -0.1) is 0 Å². The number of allylic oxidation sites excluding steroid dienone is 6. The van der Waals surface area contributed by atoms with Crippen LogP contribution in [-0.2, 0) is 28.6 Å². The highest BCUT2D eigenvalue weighted by Crippen LogP contribution is 2.14. The van der Waals surface area contributed by atoms with Crippen LogP contribution in [0, 0.1) is 0 Å². The van der Waals surface area contributed by atoms with Crippen LogP contribution in [0.1, 0.15) is 162 Å². The van der Waals surface area contributed by atoms with E-state index in [-0.39, 0.29) is 42.7 Å². The maximum Gasteiger partial charge on any atom is 0.362 e. The van der Waals surface area contributed by atoms with Gasteiger partial charge in [0.2, 0.25) is 0 Å². The van der Waals surface area contributed by atoms with Crippen molar-refractivity contribution in [2.75, 3.05) is 41.0 Å². The van der Waals surface area contributed by atoms with Crippen LogP contribution in [0.5, 0.6) is 0 Å². The van der Waals surface area contributed by atoms with Gasteiger partial charge in [0.25, 0.3) is 0 Å². The largest absolute Gasteiger partial charge is 0.477 e. The Kier molecular flexibility index (Phi) is 32.0. The maximum atomic E-state index is 12.6. The molecule has 0 aliphatic heterocycles. The van der Waals surface area contributed by atoms with Gasteiger partial charge in [0.05, 0.1) is 34.4 Å². The molecule has 0 heterocycles. The Hall–Kier alpha value is -2.45. The molecule has 0 rings (SSSR count). The van der Waals surface area contributed by atoms with Crippen LogP contribution in [0.3, 0.4) is 0 Å². The van der Waals surface area contributed by atoms with Crippen molar-refractivity contribution in [3.05, 3.63) is 36.5 Å². The molecule has 8 heteroatoms. The number of carbonyl (C=O) groups is 3. The number of ether oxygens (including phenoxy) is 3. The molecular formula is C42H76NO7+. The normalized spacial score (nSPS) is 13.4. The summed E-state index contributed by atoms with van der Waals surface area (Å²) in [5.74, 6) is -1.52. The second kappa shape index (κ2) is 33.7. The van der Waals surface area contributed by atoms with Crippen molar-refractivity contribution >= 4 is 17.9 Å². The Morgan fingerprint density at radius 2 is 1.12 bits per heavy atom. The third kappa shape index (κ3) is 31.5. The third-order valence-corrected chi connectivity index (χ3v) is 8.80. The Morgan fingerprint density at radius 1 is 0.620 bits per heavy atom. The molecule has 0 aliphatic rings.